The normalized spacial score (nSPS) is 15.1. The van der Waals surface area contributed by atoms with Gasteiger partial charge in [-0.05, 0) is 44.0 Å². The Kier molecular flexibility index (Phi) is 7.15. The molecule has 1 aromatic carbocycles. The molecule has 4 rings (SSSR count). The molecule has 0 spiro atoms. The van der Waals surface area contributed by atoms with Crippen LogP contribution in [0.5, 0.6) is 0 Å². The minimum absolute atomic E-state index is 0.0213. The summed E-state index contributed by atoms with van der Waals surface area (Å²) in [5.74, 6) is 0.590. The first-order valence-electron chi connectivity index (χ1n) is 11.2. The number of likely N-dealkylation sites (tertiary alicyclic amines) is 1. The molecule has 3 aromatic rings. The lowest BCUT2D eigenvalue weighted by Gasteiger charge is -2.31. The number of sulfone groups is 1. The Labute approximate surface area is 202 Å². The number of benzene rings is 1. The number of imidazole rings is 1. The zero-order valence-corrected chi connectivity index (χ0v) is 20.1. The second-order valence-corrected chi connectivity index (χ2v) is 10.6. The molecule has 0 atom stereocenters. The first-order valence-corrected chi connectivity index (χ1v) is 12.9. The molecular weight excluding hydrogens is 472 g/mol. The Hall–Kier alpha value is -3.73. The highest BCUT2D eigenvalue weighted by Gasteiger charge is 2.26. The molecular formula is C24H26N4O6S. The fraction of sp³-hybridized carbons (Fsp3) is 0.333. The van der Waals surface area contributed by atoms with Gasteiger partial charge in [-0.15, -0.1) is 0 Å². The van der Waals surface area contributed by atoms with Gasteiger partial charge in [-0.25, -0.2) is 13.4 Å². The lowest BCUT2D eigenvalue weighted by atomic mass is 9.96. The van der Waals surface area contributed by atoms with E-state index >= 15 is 0 Å². The number of carbonyl (C=O) groups is 1. The summed E-state index contributed by atoms with van der Waals surface area (Å²) >= 11 is 0. The highest BCUT2D eigenvalue weighted by Crippen LogP contribution is 2.27. The molecule has 11 heteroatoms. The van der Waals surface area contributed by atoms with Crippen LogP contribution in [-0.2, 0) is 21.2 Å². The van der Waals surface area contributed by atoms with Crippen LogP contribution in [0.4, 0.5) is 5.88 Å². The second kappa shape index (κ2) is 10.3. The number of amides is 1. The Morgan fingerprint density at radius 2 is 1.91 bits per heavy atom. The number of nitrogens with zero attached hydrogens (tertiary/aromatic N) is 4. The fourth-order valence-corrected chi connectivity index (χ4v) is 5.32. The third-order valence-electron chi connectivity index (χ3n) is 6.08. The van der Waals surface area contributed by atoms with Crippen molar-refractivity contribution in [2.45, 2.75) is 37.1 Å². The fourth-order valence-electron chi connectivity index (χ4n) is 4.10. The summed E-state index contributed by atoms with van der Waals surface area (Å²) in [6.45, 7) is 3.28. The summed E-state index contributed by atoms with van der Waals surface area (Å²) in [6, 6.07) is 9.52. The number of aromatic nitrogens is 2. The molecule has 0 aliphatic carbocycles. The predicted octanol–water partition coefficient (Wildman–Crippen LogP) is 3.59. The van der Waals surface area contributed by atoms with Crippen molar-refractivity contribution in [3.8, 4) is 0 Å². The van der Waals surface area contributed by atoms with Gasteiger partial charge in [0.15, 0.2) is 9.84 Å². The monoisotopic (exact) mass is 498 g/mol. The summed E-state index contributed by atoms with van der Waals surface area (Å²) < 4.78 is 32.4. The number of nitro groups is 1. The van der Waals surface area contributed by atoms with Crippen molar-refractivity contribution in [3.63, 3.8) is 0 Å². The van der Waals surface area contributed by atoms with Gasteiger partial charge in [0.05, 0.1) is 16.7 Å². The van der Waals surface area contributed by atoms with E-state index < -0.39 is 14.8 Å². The van der Waals surface area contributed by atoms with E-state index in [1.54, 1.807) is 41.6 Å². The molecule has 0 saturated carbocycles. The zero-order chi connectivity index (χ0) is 25.0. The van der Waals surface area contributed by atoms with Crippen molar-refractivity contribution in [2.75, 3.05) is 18.8 Å². The third kappa shape index (κ3) is 5.86. The number of furan rings is 1. The lowest BCUT2D eigenvalue weighted by molar-refractivity contribution is -0.402. The average molecular weight is 499 g/mol. The van der Waals surface area contributed by atoms with E-state index in [0.717, 1.165) is 11.4 Å². The minimum atomic E-state index is -3.41. The summed E-state index contributed by atoms with van der Waals surface area (Å²) in [4.78, 5) is 29.1. The molecule has 0 N–H and O–H groups in total. The van der Waals surface area contributed by atoms with Crippen LogP contribution in [0.3, 0.4) is 0 Å². The molecule has 3 heterocycles. The maximum absolute atomic E-state index is 12.7. The first kappa shape index (κ1) is 24.4. The molecule has 10 nitrogen and oxygen atoms in total. The molecule has 184 valence electrons. The first-order chi connectivity index (χ1) is 16.7. The van der Waals surface area contributed by atoms with Crippen LogP contribution in [0.1, 0.15) is 35.9 Å². The summed E-state index contributed by atoms with van der Waals surface area (Å²) in [7, 11) is -3.41. The summed E-state index contributed by atoms with van der Waals surface area (Å²) in [5.41, 5.74) is 1.01. The molecule has 0 unspecified atom stereocenters. The molecule has 1 aliphatic heterocycles. The Balaban J connectivity index is 1.32. The number of rotatable bonds is 8. The number of hydrogen-bond donors (Lipinski definition) is 0. The van der Waals surface area contributed by atoms with E-state index in [2.05, 4.69) is 4.98 Å². The molecule has 1 saturated heterocycles. The Bertz CT molecular complexity index is 1330. The van der Waals surface area contributed by atoms with Crippen LogP contribution in [0.15, 0.2) is 64.2 Å². The third-order valence-corrected chi connectivity index (χ3v) is 7.79. The van der Waals surface area contributed by atoms with Crippen molar-refractivity contribution in [1.29, 1.82) is 0 Å². The quantitative estimate of drug-likeness (QED) is 0.264. The lowest BCUT2D eigenvalue weighted by Crippen LogP contribution is -2.37. The van der Waals surface area contributed by atoms with Crippen molar-refractivity contribution < 1.29 is 22.6 Å². The maximum atomic E-state index is 12.7. The van der Waals surface area contributed by atoms with E-state index in [-0.39, 0.29) is 29.2 Å². The van der Waals surface area contributed by atoms with E-state index in [4.69, 9.17) is 4.42 Å². The average Bonchev–Trinajstić information content (AvgIpc) is 3.51. The smallest absolute Gasteiger partial charge is 0.401 e. The van der Waals surface area contributed by atoms with Gasteiger partial charge in [0.25, 0.3) is 0 Å². The number of aryl methyl sites for hydroxylation is 2. The van der Waals surface area contributed by atoms with E-state index in [9.17, 15) is 23.3 Å². The Morgan fingerprint density at radius 3 is 2.57 bits per heavy atom. The zero-order valence-electron chi connectivity index (χ0n) is 19.2. The molecule has 1 fully saturated rings. The minimum Gasteiger partial charge on any atom is -0.401 e. The summed E-state index contributed by atoms with van der Waals surface area (Å²) in [5, 5.41) is 10.7. The molecule has 0 bridgehead atoms. The van der Waals surface area contributed by atoms with Crippen LogP contribution in [0.2, 0.25) is 0 Å². The summed E-state index contributed by atoms with van der Waals surface area (Å²) in [6.07, 6.45) is 7.64. The number of hydrogen-bond acceptors (Lipinski definition) is 7. The number of piperidine rings is 1. The maximum Gasteiger partial charge on any atom is 0.433 e. The molecule has 2 aromatic heterocycles. The second-order valence-electron chi connectivity index (χ2n) is 8.48. The van der Waals surface area contributed by atoms with Crippen molar-refractivity contribution in [2.24, 2.45) is 0 Å². The van der Waals surface area contributed by atoms with E-state index in [1.807, 2.05) is 11.5 Å². The molecule has 0 radical (unpaired) electrons. The number of carbonyl (C=O) groups excluding carboxylic acids is 1. The van der Waals surface area contributed by atoms with Crippen LogP contribution in [-0.4, -0.2) is 52.5 Å². The highest BCUT2D eigenvalue weighted by molar-refractivity contribution is 7.91. The van der Waals surface area contributed by atoms with Gasteiger partial charge in [0.1, 0.15) is 16.5 Å². The molecule has 1 amide bonds. The van der Waals surface area contributed by atoms with Gasteiger partial charge in [-0.3, -0.25) is 14.9 Å². The largest absolute Gasteiger partial charge is 0.433 e. The van der Waals surface area contributed by atoms with Crippen molar-refractivity contribution in [1.82, 2.24) is 14.5 Å². The van der Waals surface area contributed by atoms with Crippen LogP contribution in [0.25, 0.3) is 6.08 Å². The van der Waals surface area contributed by atoms with Gasteiger partial charge in [0, 0.05) is 44.0 Å². The van der Waals surface area contributed by atoms with Crippen LogP contribution in [0, 0.1) is 17.0 Å². The van der Waals surface area contributed by atoms with E-state index in [0.29, 0.717) is 37.4 Å². The van der Waals surface area contributed by atoms with E-state index in [1.165, 1.54) is 24.3 Å². The highest BCUT2D eigenvalue weighted by atomic mass is 32.2. The standard InChI is InChI=1S/C24H26N4O6S/c1-18-2-6-21(7-3-18)35(32,33)17-16-27-15-12-25-24(27)19-10-13-26(14-11-19)22(29)8-4-20-5-9-23(34-20)28(30)31/h2-9,12,15,19H,10-11,13-14,16-17H2,1H3. The van der Waals surface area contributed by atoms with Gasteiger partial charge < -0.3 is 13.9 Å². The SMILES string of the molecule is Cc1ccc(S(=O)(=O)CCn2ccnc2C2CCN(C(=O)C=Cc3ccc([N+](=O)[O-])o3)CC2)cc1. The van der Waals surface area contributed by atoms with Gasteiger partial charge in [-0.2, -0.15) is 0 Å². The Morgan fingerprint density at radius 1 is 1.20 bits per heavy atom. The molecule has 35 heavy (non-hydrogen) atoms. The van der Waals surface area contributed by atoms with Gasteiger partial charge in [-0.1, -0.05) is 17.7 Å². The van der Waals surface area contributed by atoms with Crippen molar-refractivity contribution >= 4 is 27.7 Å². The van der Waals surface area contributed by atoms with Crippen LogP contribution < -0.4 is 0 Å². The van der Waals surface area contributed by atoms with Crippen LogP contribution >= 0.6 is 0 Å². The van der Waals surface area contributed by atoms with Crippen molar-refractivity contribution in [3.05, 3.63) is 82.1 Å². The topological polar surface area (TPSA) is 129 Å². The molecule has 1 aliphatic rings. The van der Waals surface area contributed by atoms with Gasteiger partial charge >= 0.3 is 5.88 Å². The van der Waals surface area contributed by atoms with Gasteiger partial charge in [0.2, 0.25) is 5.91 Å². The predicted molar refractivity (Wildman–Crippen MR) is 128 cm³/mol.